The summed E-state index contributed by atoms with van der Waals surface area (Å²) in [6.45, 7) is 0.582. The Kier molecular flexibility index (Phi) is 5.91. The van der Waals surface area contributed by atoms with Gasteiger partial charge in [-0.1, -0.05) is 24.3 Å². The second kappa shape index (κ2) is 8.54. The Morgan fingerprint density at radius 1 is 1.04 bits per heavy atom. The number of esters is 1. The van der Waals surface area contributed by atoms with E-state index in [-0.39, 0.29) is 11.9 Å². The molecular weight excluding hydrogens is 342 g/mol. The van der Waals surface area contributed by atoms with Crippen molar-refractivity contribution >= 4 is 18.0 Å². The van der Waals surface area contributed by atoms with Crippen LogP contribution in [-0.2, 0) is 16.1 Å². The first-order valence-corrected chi connectivity index (χ1v) is 8.90. The normalized spacial score (nSPS) is 13.4. The average Bonchev–Trinajstić information content (AvgIpc) is 3.55. The highest BCUT2D eigenvalue weighted by molar-refractivity contribution is 5.93. The zero-order chi connectivity index (χ0) is 19.2. The highest BCUT2D eigenvalue weighted by Gasteiger charge is 2.31. The van der Waals surface area contributed by atoms with Gasteiger partial charge >= 0.3 is 5.97 Å². The van der Waals surface area contributed by atoms with E-state index in [4.69, 9.17) is 4.74 Å². The van der Waals surface area contributed by atoms with Crippen molar-refractivity contribution in [3.8, 4) is 5.75 Å². The predicted octanol–water partition coefficient (Wildman–Crippen LogP) is 3.69. The van der Waals surface area contributed by atoms with Gasteiger partial charge in [-0.25, -0.2) is 4.79 Å². The number of carbonyl (C=O) groups excluding carboxylic acids is 2. The summed E-state index contributed by atoms with van der Waals surface area (Å²) in [6, 6.07) is 15.0. The van der Waals surface area contributed by atoms with Crippen LogP contribution in [0.4, 0.5) is 0 Å². The second-order valence-corrected chi connectivity index (χ2v) is 6.49. The predicted molar refractivity (Wildman–Crippen MR) is 103 cm³/mol. The van der Waals surface area contributed by atoms with E-state index in [2.05, 4.69) is 4.74 Å². The lowest BCUT2D eigenvalue weighted by Crippen LogP contribution is -2.31. The van der Waals surface area contributed by atoms with Gasteiger partial charge in [-0.2, -0.15) is 0 Å². The molecule has 0 heterocycles. The smallest absolute Gasteiger partial charge is 0.337 e. The summed E-state index contributed by atoms with van der Waals surface area (Å²) in [7, 11) is 2.99. The van der Waals surface area contributed by atoms with Gasteiger partial charge in [0, 0.05) is 18.7 Å². The van der Waals surface area contributed by atoms with Crippen molar-refractivity contribution in [2.75, 3.05) is 14.2 Å². The number of benzene rings is 2. The van der Waals surface area contributed by atoms with E-state index in [1.165, 1.54) is 7.11 Å². The number of nitrogens with zero attached hydrogens (tertiary/aromatic N) is 1. The maximum Gasteiger partial charge on any atom is 0.337 e. The van der Waals surface area contributed by atoms with Gasteiger partial charge in [0.25, 0.3) is 0 Å². The zero-order valence-corrected chi connectivity index (χ0v) is 15.6. The van der Waals surface area contributed by atoms with Crippen molar-refractivity contribution < 1.29 is 19.1 Å². The number of carbonyl (C=O) groups is 2. The number of hydrogen-bond acceptors (Lipinski definition) is 4. The Morgan fingerprint density at radius 2 is 1.70 bits per heavy atom. The van der Waals surface area contributed by atoms with Crippen LogP contribution in [0, 0.1) is 0 Å². The molecule has 1 saturated carbocycles. The van der Waals surface area contributed by atoms with Crippen LogP contribution < -0.4 is 4.74 Å². The van der Waals surface area contributed by atoms with Crippen LogP contribution in [0.2, 0.25) is 0 Å². The molecule has 0 atom stereocenters. The maximum absolute atomic E-state index is 12.7. The van der Waals surface area contributed by atoms with Gasteiger partial charge in [0.15, 0.2) is 0 Å². The quantitative estimate of drug-likeness (QED) is 0.555. The van der Waals surface area contributed by atoms with Crippen LogP contribution in [0.3, 0.4) is 0 Å². The van der Waals surface area contributed by atoms with Gasteiger partial charge in [-0.15, -0.1) is 0 Å². The Balaban J connectivity index is 1.66. The molecule has 0 aromatic heterocycles. The fraction of sp³-hybridized carbons (Fsp3) is 0.273. The molecule has 0 radical (unpaired) electrons. The van der Waals surface area contributed by atoms with Crippen molar-refractivity contribution in [1.82, 2.24) is 4.90 Å². The molecule has 1 fully saturated rings. The van der Waals surface area contributed by atoms with E-state index >= 15 is 0 Å². The van der Waals surface area contributed by atoms with Gasteiger partial charge < -0.3 is 14.4 Å². The van der Waals surface area contributed by atoms with E-state index < -0.39 is 0 Å². The molecule has 140 valence electrons. The molecule has 0 aliphatic heterocycles. The second-order valence-electron chi connectivity index (χ2n) is 6.49. The first-order valence-electron chi connectivity index (χ1n) is 8.90. The minimum Gasteiger partial charge on any atom is -0.497 e. The third kappa shape index (κ3) is 4.97. The van der Waals surface area contributed by atoms with E-state index in [0.29, 0.717) is 18.2 Å². The van der Waals surface area contributed by atoms with Gasteiger partial charge in [0.05, 0.1) is 19.8 Å². The third-order valence-corrected chi connectivity index (χ3v) is 4.53. The van der Waals surface area contributed by atoms with E-state index in [0.717, 1.165) is 29.7 Å². The summed E-state index contributed by atoms with van der Waals surface area (Å²) in [5.41, 5.74) is 2.42. The molecule has 1 aliphatic carbocycles. The van der Waals surface area contributed by atoms with Crippen molar-refractivity contribution in [2.24, 2.45) is 0 Å². The average molecular weight is 365 g/mol. The van der Waals surface area contributed by atoms with Gasteiger partial charge in [-0.05, 0) is 54.3 Å². The molecule has 0 unspecified atom stereocenters. The van der Waals surface area contributed by atoms with Crippen molar-refractivity contribution in [1.29, 1.82) is 0 Å². The van der Waals surface area contributed by atoms with Gasteiger partial charge in [0.1, 0.15) is 5.75 Å². The fourth-order valence-electron chi connectivity index (χ4n) is 2.81. The number of methoxy groups -OCH3 is 2. The lowest BCUT2D eigenvalue weighted by Gasteiger charge is -2.21. The molecule has 3 rings (SSSR count). The standard InChI is InChI=1S/C22H23NO4/c1-26-20-12-5-17(6-13-20)15-23(19-10-11-19)21(24)14-7-16-3-8-18(9-4-16)22(25)27-2/h3-9,12-14,19H,10-11,15H2,1-2H3. The largest absolute Gasteiger partial charge is 0.497 e. The fourth-order valence-corrected chi connectivity index (χ4v) is 2.81. The third-order valence-electron chi connectivity index (χ3n) is 4.53. The molecule has 5 nitrogen and oxygen atoms in total. The molecular formula is C22H23NO4. The highest BCUT2D eigenvalue weighted by atomic mass is 16.5. The van der Waals surface area contributed by atoms with Crippen LogP contribution in [0.1, 0.15) is 34.3 Å². The molecule has 2 aromatic rings. The number of hydrogen-bond donors (Lipinski definition) is 0. The molecule has 1 aliphatic rings. The zero-order valence-electron chi connectivity index (χ0n) is 15.6. The van der Waals surface area contributed by atoms with Crippen molar-refractivity contribution in [2.45, 2.75) is 25.4 Å². The van der Waals surface area contributed by atoms with Crippen molar-refractivity contribution in [3.05, 3.63) is 71.3 Å². The summed E-state index contributed by atoms with van der Waals surface area (Å²) >= 11 is 0. The lowest BCUT2D eigenvalue weighted by molar-refractivity contribution is -0.127. The molecule has 27 heavy (non-hydrogen) atoms. The Bertz CT molecular complexity index is 820. The van der Waals surface area contributed by atoms with Gasteiger partial charge in [0.2, 0.25) is 5.91 Å². The minimum atomic E-state index is -0.374. The van der Waals surface area contributed by atoms with Crippen LogP contribution in [0.5, 0.6) is 5.75 Å². The molecule has 5 heteroatoms. The number of amides is 1. The minimum absolute atomic E-state index is 0.00892. The van der Waals surface area contributed by atoms with E-state index in [1.54, 1.807) is 43.5 Å². The topological polar surface area (TPSA) is 55.8 Å². The molecule has 1 amide bonds. The summed E-state index contributed by atoms with van der Waals surface area (Å²) in [6.07, 6.45) is 5.45. The summed E-state index contributed by atoms with van der Waals surface area (Å²) in [4.78, 5) is 26.1. The maximum atomic E-state index is 12.7. The lowest BCUT2D eigenvalue weighted by atomic mass is 10.1. The monoisotopic (exact) mass is 365 g/mol. The van der Waals surface area contributed by atoms with Crippen LogP contribution in [0.25, 0.3) is 6.08 Å². The first kappa shape index (κ1) is 18.7. The molecule has 0 N–H and O–H groups in total. The Hall–Kier alpha value is -3.08. The van der Waals surface area contributed by atoms with E-state index in [1.807, 2.05) is 29.2 Å². The summed E-state index contributed by atoms with van der Waals surface area (Å²) in [5, 5.41) is 0. The number of ether oxygens (including phenoxy) is 2. The SMILES string of the molecule is COC(=O)c1ccc(C=CC(=O)N(Cc2ccc(OC)cc2)C2CC2)cc1. The van der Waals surface area contributed by atoms with Crippen LogP contribution in [-0.4, -0.2) is 37.0 Å². The van der Waals surface area contributed by atoms with Crippen LogP contribution in [0.15, 0.2) is 54.6 Å². The summed E-state index contributed by atoms with van der Waals surface area (Å²) in [5.74, 6) is 0.421. The Morgan fingerprint density at radius 3 is 2.26 bits per heavy atom. The molecule has 0 saturated heterocycles. The molecule has 0 spiro atoms. The van der Waals surface area contributed by atoms with Crippen LogP contribution >= 0.6 is 0 Å². The Labute approximate surface area is 159 Å². The van der Waals surface area contributed by atoms with Crippen molar-refractivity contribution in [3.63, 3.8) is 0 Å². The highest BCUT2D eigenvalue weighted by Crippen LogP contribution is 2.29. The van der Waals surface area contributed by atoms with Gasteiger partial charge in [-0.3, -0.25) is 4.79 Å². The summed E-state index contributed by atoms with van der Waals surface area (Å²) < 4.78 is 9.86. The first-order chi connectivity index (χ1) is 13.1. The number of rotatable bonds is 7. The molecule has 0 bridgehead atoms. The molecule has 2 aromatic carbocycles. The van der Waals surface area contributed by atoms with E-state index in [9.17, 15) is 9.59 Å².